The van der Waals surface area contributed by atoms with E-state index in [0.29, 0.717) is 18.4 Å². The molecule has 3 N–H and O–H groups in total. The Balaban J connectivity index is 1.61. The highest BCUT2D eigenvalue weighted by atomic mass is 16.3. The van der Waals surface area contributed by atoms with Gasteiger partial charge in [-0.2, -0.15) is 0 Å². The Morgan fingerprint density at radius 2 is 1.86 bits per heavy atom. The molecule has 0 amide bonds. The minimum absolute atomic E-state index is 0.191. The van der Waals surface area contributed by atoms with E-state index >= 15 is 0 Å². The molecule has 0 bridgehead atoms. The minimum atomic E-state index is -0.667. The minimum Gasteiger partial charge on any atom is -0.508 e. The van der Waals surface area contributed by atoms with Gasteiger partial charge in [0.25, 0.3) is 0 Å². The Kier molecular flexibility index (Phi) is 4.53. The van der Waals surface area contributed by atoms with Crippen molar-refractivity contribution in [1.29, 1.82) is 0 Å². The Labute approximate surface area is 130 Å². The maximum atomic E-state index is 10.2. The molecule has 1 aliphatic carbocycles. The average molecular weight is 299 g/mol. The zero-order chi connectivity index (χ0) is 15.4. The van der Waals surface area contributed by atoms with Crippen LogP contribution in [0.15, 0.2) is 36.5 Å². The predicted molar refractivity (Wildman–Crippen MR) is 84.8 cm³/mol. The summed E-state index contributed by atoms with van der Waals surface area (Å²) in [6.45, 7) is 0.332. The molecule has 5 heteroatoms. The molecule has 0 radical (unpaired) electrons. The van der Waals surface area contributed by atoms with Gasteiger partial charge < -0.3 is 15.5 Å². The summed E-state index contributed by atoms with van der Waals surface area (Å²) in [6, 6.07) is 8.53. The molecule has 1 heterocycles. The standard InChI is InChI=1S/C17H21N3O2/c21-14-7-5-13(6-8-14)16(22)11-19-17-18-10-9-15(20-17)12-3-1-2-4-12/h5-10,12,16,21-22H,1-4,11H2,(H,18,19,20). The first kappa shape index (κ1) is 14.8. The van der Waals surface area contributed by atoms with Crippen LogP contribution in [0.3, 0.4) is 0 Å². The van der Waals surface area contributed by atoms with Crippen molar-refractivity contribution in [2.24, 2.45) is 0 Å². The van der Waals surface area contributed by atoms with E-state index in [4.69, 9.17) is 0 Å². The van der Waals surface area contributed by atoms with Crippen molar-refractivity contribution < 1.29 is 10.2 Å². The molecule has 1 aromatic heterocycles. The lowest BCUT2D eigenvalue weighted by molar-refractivity contribution is 0.191. The highest BCUT2D eigenvalue weighted by Crippen LogP contribution is 2.33. The van der Waals surface area contributed by atoms with Crippen LogP contribution < -0.4 is 5.32 Å². The normalized spacial score (nSPS) is 16.6. The van der Waals surface area contributed by atoms with Crippen LogP contribution in [-0.4, -0.2) is 26.7 Å². The van der Waals surface area contributed by atoms with E-state index in [1.807, 2.05) is 6.07 Å². The summed E-state index contributed by atoms with van der Waals surface area (Å²) in [4.78, 5) is 8.78. The van der Waals surface area contributed by atoms with Crippen LogP contribution in [0.2, 0.25) is 0 Å². The van der Waals surface area contributed by atoms with E-state index in [9.17, 15) is 10.2 Å². The van der Waals surface area contributed by atoms with Gasteiger partial charge in [-0.3, -0.25) is 0 Å². The number of aliphatic hydroxyl groups is 1. The number of nitrogens with one attached hydrogen (secondary N) is 1. The third-order valence-electron chi connectivity index (χ3n) is 4.18. The van der Waals surface area contributed by atoms with Crippen molar-refractivity contribution in [2.75, 3.05) is 11.9 Å². The number of hydrogen-bond donors (Lipinski definition) is 3. The SMILES string of the molecule is Oc1ccc(C(O)CNc2nccc(C3CCCC3)n2)cc1. The summed E-state index contributed by atoms with van der Waals surface area (Å²) < 4.78 is 0. The van der Waals surface area contributed by atoms with Crippen molar-refractivity contribution in [3.8, 4) is 5.75 Å². The quantitative estimate of drug-likeness (QED) is 0.791. The summed E-state index contributed by atoms with van der Waals surface area (Å²) in [5.74, 6) is 1.30. The first-order valence-electron chi connectivity index (χ1n) is 7.76. The van der Waals surface area contributed by atoms with Crippen LogP contribution >= 0.6 is 0 Å². The highest BCUT2D eigenvalue weighted by Gasteiger charge is 2.18. The molecular formula is C17H21N3O2. The van der Waals surface area contributed by atoms with Crippen LogP contribution in [0.4, 0.5) is 5.95 Å². The molecule has 0 aliphatic heterocycles. The number of aliphatic hydroxyl groups excluding tert-OH is 1. The van der Waals surface area contributed by atoms with Crippen LogP contribution in [-0.2, 0) is 0 Å². The Hall–Kier alpha value is -2.14. The van der Waals surface area contributed by atoms with E-state index in [-0.39, 0.29) is 5.75 Å². The monoisotopic (exact) mass is 299 g/mol. The summed E-state index contributed by atoms with van der Waals surface area (Å²) >= 11 is 0. The molecule has 5 nitrogen and oxygen atoms in total. The van der Waals surface area contributed by atoms with Gasteiger partial charge in [0.2, 0.25) is 5.95 Å². The van der Waals surface area contributed by atoms with E-state index < -0.39 is 6.10 Å². The highest BCUT2D eigenvalue weighted by molar-refractivity contribution is 5.30. The number of hydrogen-bond acceptors (Lipinski definition) is 5. The van der Waals surface area contributed by atoms with Crippen molar-refractivity contribution in [3.63, 3.8) is 0 Å². The molecule has 116 valence electrons. The van der Waals surface area contributed by atoms with Gasteiger partial charge in [-0.05, 0) is 36.6 Å². The first-order chi connectivity index (χ1) is 10.7. The zero-order valence-corrected chi connectivity index (χ0v) is 12.4. The van der Waals surface area contributed by atoms with Gasteiger partial charge in [0, 0.05) is 24.4 Å². The summed E-state index contributed by atoms with van der Waals surface area (Å²) in [7, 11) is 0. The van der Waals surface area contributed by atoms with Crippen molar-refractivity contribution in [2.45, 2.75) is 37.7 Å². The largest absolute Gasteiger partial charge is 0.508 e. The van der Waals surface area contributed by atoms with E-state index in [0.717, 1.165) is 11.3 Å². The van der Waals surface area contributed by atoms with Gasteiger partial charge in [-0.1, -0.05) is 25.0 Å². The lowest BCUT2D eigenvalue weighted by Gasteiger charge is -2.14. The van der Waals surface area contributed by atoms with E-state index in [1.165, 1.54) is 25.7 Å². The molecule has 22 heavy (non-hydrogen) atoms. The maximum Gasteiger partial charge on any atom is 0.222 e. The fraction of sp³-hybridized carbons (Fsp3) is 0.412. The molecule has 0 saturated heterocycles. The number of benzene rings is 1. The topological polar surface area (TPSA) is 78.3 Å². The molecule has 3 rings (SSSR count). The number of nitrogens with zero attached hydrogens (tertiary/aromatic N) is 2. The van der Waals surface area contributed by atoms with Crippen LogP contribution in [0.5, 0.6) is 5.75 Å². The molecule has 1 aromatic carbocycles. The van der Waals surface area contributed by atoms with Crippen LogP contribution in [0, 0.1) is 0 Å². The Bertz CT molecular complexity index is 610. The fourth-order valence-corrected chi connectivity index (χ4v) is 2.91. The molecule has 0 spiro atoms. The second-order valence-corrected chi connectivity index (χ2v) is 5.77. The number of aromatic hydroxyl groups is 1. The second-order valence-electron chi connectivity index (χ2n) is 5.77. The predicted octanol–water partition coefficient (Wildman–Crippen LogP) is 2.99. The van der Waals surface area contributed by atoms with Gasteiger partial charge >= 0.3 is 0 Å². The summed E-state index contributed by atoms with van der Waals surface area (Å²) in [5.41, 5.74) is 1.84. The van der Waals surface area contributed by atoms with Crippen molar-refractivity contribution in [1.82, 2.24) is 9.97 Å². The number of phenolic OH excluding ortho intramolecular Hbond substituents is 1. The second kappa shape index (κ2) is 6.75. The third-order valence-corrected chi connectivity index (χ3v) is 4.18. The first-order valence-corrected chi connectivity index (χ1v) is 7.76. The zero-order valence-electron chi connectivity index (χ0n) is 12.4. The number of phenols is 1. The number of aromatic nitrogens is 2. The number of anilines is 1. The van der Waals surface area contributed by atoms with Gasteiger partial charge in [-0.25, -0.2) is 9.97 Å². The lowest BCUT2D eigenvalue weighted by atomic mass is 10.0. The van der Waals surface area contributed by atoms with Gasteiger partial charge in [-0.15, -0.1) is 0 Å². The molecule has 1 aliphatic rings. The lowest BCUT2D eigenvalue weighted by Crippen LogP contribution is -2.14. The molecule has 1 unspecified atom stereocenters. The number of rotatable bonds is 5. The van der Waals surface area contributed by atoms with Crippen molar-refractivity contribution in [3.05, 3.63) is 47.8 Å². The van der Waals surface area contributed by atoms with Crippen LogP contribution in [0.1, 0.15) is 49.0 Å². The fourth-order valence-electron chi connectivity index (χ4n) is 2.91. The molecule has 1 saturated carbocycles. The van der Waals surface area contributed by atoms with Gasteiger partial charge in [0.15, 0.2) is 0 Å². The molecule has 1 atom stereocenters. The van der Waals surface area contributed by atoms with E-state index in [2.05, 4.69) is 15.3 Å². The van der Waals surface area contributed by atoms with E-state index in [1.54, 1.807) is 30.5 Å². The summed E-state index contributed by atoms with van der Waals surface area (Å²) in [6.07, 6.45) is 6.06. The third kappa shape index (κ3) is 3.54. The maximum absolute atomic E-state index is 10.2. The molecular weight excluding hydrogens is 278 g/mol. The molecule has 2 aromatic rings. The average Bonchev–Trinajstić information content (AvgIpc) is 3.08. The Morgan fingerprint density at radius 3 is 2.59 bits per heavy atom. The smallest absolute Gasteiger partial charge is 0.222 e. The van der Waals surface area contributed by atoms with Crippen molar-refractivity contribution >= 4 is 5.95 Å². The van der Waals surface area contributed by atoms with Gasteiger partial charge in [0.05, 0.1) is 6.10 Å². The Morgan fingerprint density at radius 1 is 1.14 bits per heavy atom. The van der Waals surface area contributed by atoms with Crippen LogP contribution in [0.25, 0.3) is 0 Å². The van der Waals surface area contributed by atoms with Gasteiger partial charge in [0.1, 0.15) is 5.75 Å². The summed E-state index contributed by atoms with van der Waals surface area (Å²) in [5, 5.41) is 22.5. The molecule has 1 fully saturated rings.